The Morgan fingerprint density at radius 3 is 2.70 bits per heavy atom. The second-order valence-electron chi connectivity index (χ2n) is 5.11. The second-order valence-corrected chi connectivity index (χ2v) is 5.55. The molecule has 2 rings (SSSR count). The van der Waals surface area contributed by atoms with Crippen molar-refractivity contribution in [1.82, 2.24) is 10.6 Å². The van der Waals surface area contributed by atoms with Gasteiger partial charge in [-0.3, -0.25) is 4.79 Å². The first-order chi connectivity index (χ1) is 9.49. The van der Waals surface area contributed by atoms with Gasteiger partial charge in [-0.2, -0.15) is 0 Å². The van der Waals surface area contributed by atoms with Gasteiger partial charge in [-0.1, -0.05) is 23.7 Å². The first-order valence-electron chi connectivity index (χ1n) is 6.51. The molecule has 0 aliphatic heterocycles. The maximum atomic E-state index is 11.7. The Bertz CT molecular complexity index is 515. The fourth-order valence-electron chi connectivity index (χ4n) is 2.10. The van der Waals surface area contributed by atoms with Gasteiger partial charge in [0.05, 0.1) is 6.42 Å². The quantitative estimate of drug-likeness (QED) is 0.753. The van der Waals surface area contributed by atoms with Gasteiger partial charge in [0.25, 0.3) is 0 Å². The number of aliphatic carboxylic acids is 1. The lowest BCUT2D eigenvalue weighted by atomic mass is 10.0. The Labute approximate surface area is 122 Å². The molecule has 6 heteroatoms. The van der Waals surface area contributed by atoms with Crippen molar-refractivity contribution < 1.29 is 14.7 Å². The number of rotatable bonds is 6. The van der Waals surface area contributed by atoms with E-state index in [0.717, 1.165) is 24.8 Å². The number of halogens is 1. The molecule has 1 saturated carbocycles. The predicted octanol–water partition coefficient (Wildman–Crippen LogP) is 2.19. The van der Waals surface area contributed by atoms with Crippen LogP contribution in [0.5, 0.6) is 0 Å². The Balaban J connectivity index is 1.82. The molecule has 0 unspecified atom stereocenters. The second kappa shape index (κ2) is 6.13. The molecular formula is C14H17ClN2O3. The van der Waals surface area contributed by atoms with Crippen LogP contribution in [0.25, 0.3) is 0 Å². The van der Waals surface area contributed by atoms with Crippen LogP contribution in [0.1, 0.15) is 24.8 Å². The largest absolute Gasteiger partial charge is 0.481 e. The minimum absolute atomic E-state index is 0.0747. The number of hydrogen-bond donors (Lipinski definition) is 3. The molecule has 3 N–H and O–H groups in total. The third-order valence-electron chi connectivity index (χ3n) is 3.29. The van der Waals surface area contributed by atoms with Crippen molar-refractivity contribution in [2.75, 3.05) is 6.54 Å². The minimum atomic E-state index is -0.926. The minimum Gasteiger partial charge on any atom is -0.481 e. The monoisotopic (exact) mass is 296 g/mol. The van der Waals surface area contributed by atoms with Gasteiger partial charge in [0, 0.05) is 17.1 Å². The third-order valence-corrected chi connectivity index (χ3v) is 3.52. The number of carbonyl (C=O) groups excluding carboxylic acids is 1. The standard InChI is InChI=1S/C14H17ClN2O3/c15-11-3-1-2-10(8-11)9-14(5-6-14)17-13(20)16-7-4-12(18)19/h1-3,8H,4-7,9H2,(H,18,19)(H2,16,17,20). The summed E-state index contributed by atoms with van der Waals surface area (Å²) in [6.45, 7) is 0.133. The highest BCUT2D eigenvalue weighted by molar-refractivity contribution is 6.30. The summed E-state index contributed by atoms with van der Waals surface area (Å²) in [5.74, 6) is -0.926. The van der Waals surface area contributed by atoms with Crippen LogP contribution in [-0.2, 0) is 11.2 Å². The summed E-state index contributed by atoms with van der Waals surface area (Å²) >= 11 is 5.94. The van der Waals surface area contributed by atoms with Crippen LogP contribution in [0.2, 0.25) is 5.02 Å². The van der Waals surface area contributed by atoms with E-state index in [1.54, 1.807) is 0 Å². The molecule has 0 bridgehead atoms. The fourth-order valence-corrected chi connectivity index (χ4v) is 2.32. The molecule has 1 aliphatic rings. The summed E-state index contributed by atoms with van der Waals surface area (Å²) < 4.78 is 0. The van der Waals surface area contributed by atoms with Gasteiger partial charge in [-0.25, -0.2) is 4.79 Å². The van der Waals surface area contributed by atoms with Crippen LogP contribution in [0.15, 0.2) is 24.3 Å². The zero-order valence-electron chi connectivity index (χ0n) is 11.0. The van der Waals surface area contributed by atoms with Crippen molar-refractivity contribution in [2.45, 2.75) is 31.2 Å². The Hall–Kier alpha value is -1.75. The molecule has 0 atom stereocenters. The number of carboxylic acids is 1. The molecule has 1 aromatic carbocycles. The first-order valence-corrected chi connectivity index (χ1v) is 6.89. The SMILES string of the molecule is O=C(O)CCNC(=O)NC1(Cc2cccc(Cl)c2)CC1. The van der Waals surface area contributed by atoms with E-state index >= 15 is 0 Å². The maximum absolute atomic E-state index is 11.7. The molecule has 0 heterocycles. The fraction of sp³-hybridized carbons (Fsp3) is 0.429. The summed E-state index contributed by atoms with van der Waals surface area (Å²) in [6.07, 6.45) is 2.51. The Morgan fingerprint density at radius 1 is 1.35 bits per heavy atom. The van der Waals surface area contributed by atoms with Crippen molar-refractivity contribution in [3.8, 4) is 0 Å². The Morgan fingerprint density at radius 2 is 2.10 bits per heavy atom. The molecule has 1 aliphatic carbocycles. The molecule has 1 fully saturated rings. The Kier molecular flexibility index (Phi) is 4.49. The van der Waals surface area contributed by atoms with Gasteiger partial charge in [0.2, 0.25) is 0 Å². The average Bonchev–Trinajstić information content (AvgIpc) is 3.07. The molecule has 0 radical (unpaired) electrons. The van der Waals surface area contributed by atoms with Crippen molar-refractivity contribution in [2.24, 2.45) is 0 Å². The summed E-state index contributed by atoms with van der Waals surface area (Å²) in [5, 5.41) is 14.7. The van der Waals surface area contributed by atoms with Crippen molar-refractivity contribution in [3.05, 3.63) is 34.9 Å². The third kappa shape index (κ3) is 4.42. The predicted molar refractivity (Wildman–Crippen MR) is 75.9 cm³/mol. The van der Waals surface area contributed by atoms with E-state index in [4.69, 9.17) is 16.7 Å². The van der Waals surface area contributed by atoms with Crippen LogP contribution in [0.4, 0.5) is 4.79 Å². The number of urea groups is 1. The van der Waals surface area contributed by atoms with Crippen LogP contribution in [-0.4, -0.2) is 29.2 Å². The average molecular weight is 297 g/mol. The molecule has 2 amide bonds. The number of hydrogen-bond acceptors (Lipinski definition) is 2. The zero-order chi connectivity index (χ0) is 14.6. The van der Waals surface area contributed by atoms with Gasteiger partial charge >= 0.3 is 12.0 Å². The van der Waals surface area contributed by atoms with Gasteiger partial charge in [0.1, 0.15) is 0 Å². The van der Waals surface area contributed by atoms with Gasteiger partial charge < -0.3 is 15.7 Å². The lowest BCUT2D eigenvalue weighted by Crippen LogP contribution is -2.45. The normalized spacial score (nSPS) is 15.4. The summed E-state index contributed by atoms with van der Waals surface area (Å²) in [4.78, 5) is 22.1. The molecule has 1 aromatic rings. The molecule has 0 spiro atoms. The van der Waals surface area contributed by atoms with Crippen LogP contribution in [0, 0.1) is 0 Å². The van der Waals surface area contributed by atoms with E-state index in [1.165, 1.54) is 0 Å². The smallest absolute Gasteiger partial charge is 0.315 e. The highest BCUT2D eigenvalue weighted by Gasteiger charge is 2.43. The number of benzene rings is 1. The van der Waals surface area contributed by atoms with Crippen molar-refractivity contribution in [3.63, 3.8) is 0 Å². The van der Waals surface area contributed by atoms with E-state index in [0.29, 0.717) is 5.02 Å². The van der Waals surface area contributed by atoms with Crippen molar-refractivity contribution >= 4 is 23.6 Å². The number of carbonyl (C=O) groups is 2. The highest BCUT2D eigenvalue weighted by Crippen LogP contribution is 2.38. The van der Waals surface area contributed by atoms with E-state index < -0.39 is 5.97 Å². The van der Waals surface area contributed by atoms with Gasteiger partial charge in [0.15, 0.2) is 0 Å². The molecule has 5 nitrogen and oxygen atoms in total. The highest BCUT2D eigenvalue weighted by atomic mass is 35.5. The molecule has 0 aromatic heterocycles. The molecular weight excluding hydrogens is 280 g/mol. The maximum Gasteiger partial charge on any atom is 0.315 e. The van der Waals surface area contributed by atoms with Crippen LogP contribution in [0.3, 0.4) is 0 Å². The van der Waals surface area contributed by atoms with E-state index in [9.17, 15) is 9.59 Å². The molecule has 0 saturated heterocycles. The first kappa shape index (κ1) is 14.7. The van der Waals surface area contributed by atoms with E-state index in [2.05, 4.69) is 10.6 Å². The lowest BCUT2D eigenvalue weighted by Gasteiger charge is -2.18. The number of amides is 2. The number of carboxylic acid groups (broad SMARTS) is 1. The van der Waals surface area contributed by atoms with Gasteiger partial charge in [-0.15, -0.1) is 0 Å². The molecule has 108 valence electrons. The van der Waals surface area contributed by atoms with Gasteiger partial charge in [-0.05, 0) is 37.0 Å². The van der Waals surface area contributed by atoms with Crippen LogP contribution < -0.4 is 10.6 Å². The number of nitrogens with one attached hydrogen (secondary N) is 2. The van der Waals surface area contributed by atoms with E-state index in [1.807, 2.05) is 24.3 Å². The summed E-state index contributed by atoms with van der Waals surface area (Å²) in [6, 6.07) is 7.27. The summed E-state index contributed by atoms with van der Waals surface area (Å²) in [7, 11) is 0. The van der Waals surface area contributed by atoms with E-state index in [-0.39, 0.29) is 24.5 Å². The van der Waals surface area contributed by atoms with Crippen LogP contribution >= 0.6 is 11.6 Å². The topological polar surface area (TPSA) is 78.4 Å². The van der Waals surface area contributed by atoms with Crippen molar-refractivity contribution in [1.29, 1.82) is 0 Å². The zero-order valence-corrected chi connectivity index (χ0v) is 11.7. The lowest BCUT2D eigenvalue weighted by molar-refractivity contribution is -0.136. The molecule has 20 heavy (non-hydrogen) atoms. The summed E-state index contributed by atoms with van der Waals surface area (Å²) in [5.41, 5.74) is 0.874.